The number of hydrogen-bond acceptors (Lipinski definition) is 3. The fourth-order valence-electron chi connectivity index (χ4n) is 0.643. The van der Waals surface area contributed by atoms with Crippen LogP contribution in [0.4, 0.5) is 13.4 Å². The van der Waals surface area contributed by atoms with Gasteiger partial charge in [0, 0.05) is 5.92 Å². The molecule has 0 aromatic carbocycles. The van der Waals surface area contributed by atoms with Gasteiger partial charge in [-0.05, 0) is 0 Å². The van der Waals surface area contributed by atoms with Gasteiger partial charge in [-0.1, -0.05) is 22.8 Å². The number of carbonyl (C=O) groups excluding carboxylic acids is 1. The van der Waals surface area contributed by atoms with Gasteiger partial charge in [0.2, 0.25) is 0 Å². The van der Waals surface area contributed by atoms with E-state index in [-0.39, 0.29) is 0 Å². The molecule has 0 bridgehead atoms. The van der Waals surface area contributed by atoms with Gasteiger partial charge < -0.3 is 4.74 Å². The molecule has 0 aliphatic heterocycles. The Morgan fingerprint density at radius 3 is 2.00 bits per heavy atom. The quantitative estimate of drug-likeness (QED) is 0.379. The Morgan fingerprint density at radius 1 is 1.50 bits per heavy atom. The molecule has 3 nitrogen and oxygen atoms in total. The molecule has 0 unspecified atom stereocenters. The van der Waals surface area contributed by atoms with E-state index < -0.39 is 23.0 Å². The number of esters is 1. The van der Waals surface area contributed by atoms with E-state index in [0.717, 1.165) is 21.0 Å². The molecular formula is C6H10F3NO2. The van der Waals surface area contributed by atoms with E-state index in [9.17, 15) is 18.1 Å². The SMILES string of the molecule is COC(=O)[C@](F)(C(C)C)N(F)F. The van der Waals surface area contributed by atoms with Gasteiger partial charge in [0.1, 0.15) is 0 Å². The predicted octanol–water partition coefficient (Wildman–Crippen LogP) is 1.55. The molecule has 0 amide bonds. The van der Waals surface area contributed by atoms with E-state index in [2.05, 4.69) is 4.74 Å². The Morgan fingerprint density at radius 2 is 1.92 bits per heavy atom. The molecule has 0 aliphatic carbocycles. The highest BCUT2D eigenvalue weighted by atomic mass is 19.4. The summed E-state index contributed by atoms with van der Waals surface area (Å²) in [6.45, 7) is 2.31. The summed E-state index contributed by atoms with van der Waals surface area (Å²) >= 11 is 0. The lowest BCUT2D eigenvalue weighted by Crippen LogP contribution is -2.48. The van der Waals surface area contributed by atoms with Crippen molar-refractivity contribution in [1.29, 1.82) is 0 Å². The summed E-state index contributed by atoms with van der Waals surface area (Å²) in [5, 5.41) is -1.77. The molecule has 0 fully saturated rings. The van der Waals surface area contributed by atoms with Crippen LogP contribution in [-0.4, -0.2) is 24.2 Å². The second kappa shape index (κ2) is 3.75. The zero-order valence-corrected chi connectivity index (χ0v) is 6.97. The highest BCUT2D eigenvalue weighted by Gasteiger charge is 2.51. The maximum atomic E-state index is 13.1. The van der Waals surface area contributed by atoms with E-state index in [1.54, 1.807) is 0 Å². The zero-order chi connectivity index (χ0) is 9.94. The zero-order valence-electron chi connectivity index (χ0n) is 6.97. The maximum Gasteiger partial charge on any atom is 0.364 e. The van der Waals surface area contributed by atoms with Crippen molar-refractivity contribution in [2.75, 3.05) is 7.11 Å². The van der Waals surface area contributed by atoms with Gasteiger partial charge in [-0.15, -0.1) is 0 Å². The van der Waals surface area contributed by atoms with Gasteiger partial charge >= 0.3 is 11.8 Å². The van der Waals surface area contributed by atoms with Crippen molar-refractivity contribution in [2.24, 2.45) is 5.92 Å². The van der Waals surface area contributed by atoms with Gasteiger partial charge in [0.05, 0.1) is 12.5 Å². The minimum Gasteiger partial charge on any atom is -0.465 e. The first-order valence-corrected chi connectivity index (χ1v) is 3.26. The third-order valence-corrected chi connectivity index (χ3v) is 1.48. The summed E-state index contributed by atoms with van der Waals surface area (Å²) in [7, 11) is 0.850. The van der Waals surface area contributed by atoms with Crippen LogP contribution >= 0.6 is 0 Å². The van der Waals surface area contributed by atoms with Crippen LogP contribution in [0.1, 0.15) is 13.8 Å². The average Bonchev–Trinajstić information content (AvgIpc) is 2.00. The van der Waals surface area contributed by atoms with Gasteiger partial charge in [-0.2, -0.15) is 0 Å². The molecule has 72 valence electrons. The molecule has 0 heterocycles. The molecule has 0 saturated heterocycles. The Balaban J connectivity index is 4.74. The van der Waals surface area contributed by atoms with Crippen LogP contribution in [-0.2, 0) is 9.53 Å². The van der Waals surface area contributed by atoms with Crippen molar-refractivity contribution in [3.8, 4) is 0 Å². The Hall–Kier alpha value is -0.780. The number of rotatable bonds is 3. The lowest BCUT2D eigenvalue weighted by Gasteiger charge is -2.25. The van der Waals surface area contributed by atoms with Crippen molar-refractivity contribution in [3.05, 3.63) is 0 Å². The number of nitrogens with zero attached hydrogens (tertiary/aromatic N) is 1. The molecule has 1 atom stereocenters. The Labute approximate surface area is 68.0 Å². The molecule has 12 heavy (non-hydrogen) atoms. The van der Waals surface area contributed by atoms with Crippen LogP contribution in [0.15, 0.2) is 0 Å². The summed E-state index contributed by atoms with van der Waals surface area (Å²) in [6.07, 6.45) is 0. The smallest absolute Gasteiger partial charge is 0.364 e. The standard InChI is InChI=1S/C6H10F3NO2/c1-4(2)6(7,10(8)9)5(11)12-3/h4H,1-3H3/t6-/m0/s1. The summed E-state index contributed by atoms with van der Waals surface area (Å²) in [4.78, 5) is 10.6. The third-order valence-electron chi connectivity index (χ3n) is 1.48. The molecular weight excluding hydrogens is 175 g/mol. The molecule has 0 spiro atoms. The lowest BCUT2D eigenvalue weighted by molar-refractivity contribution is -0.290. The summed E-state index contributed by atoms with van der Waals surface area (Å²) in [5.41, 5.74) is 0. The van der Waals surface area contributed by atoms with Gasteiger partial charge in [0.15, 0.2) is 0 Å². The number of halogens is 3. The second-order valence-electron chi connectivity index (χ2n) is 2.55. The number of alkyl halides is 1. The minimum absolute atomic E-state index is 0.850. The van der Waals surface area contributed by atoms with Crippen LogP contribution in [0.3, 0.4) is 0 Å². The van der Waals surface area contributed by atoms with E-state index in [4.69, 9.17) is 0 Å². The lowest BCUT2D eigenvalue weighted by atomic mass is 10.0. The fourth-order valence-corrected chi connectivity index (χ4v) is 0.643. The monoisotopic (exact) mass is 185 g/mol. The second-order valence-corrected chi connectivity index (χ2v) is 2.55. The average molecular weight is 185 g/mol. The summed E-state index contributed by atoms with van der Waals surface area (Å²) in [5.74, 6) is -6.13. The van der Waals surface area contributed by atoms with Crippen LogP contribution < -0.4 is 0 Å². The Bertz CT molecular complexity index is 164. The number of hydrogen-bond donors (Lipinski definition) is 0. The molecule has 0 radical (unpaired) electrons. The number of methoxy groups -OCH3 is 1. The van der Waals surface area contributed by atoms with E-state index in [1.807, 2.05) is 0 Å². The van der Waals surface area contributed by atoms with Crippen molar-refractivity contribution in [3.63, 3.8) is 0 Å². The number of carbonyl (C=O) groups is 1. The maximum absolute atomic E-state index is 13.1. The molecule has 0 aromatic rings. The van der Waals surface area contributed by atoms with E-state index >= 15 is 0 Å². The topological polar surface area (TPSA) is 29.5 Å². The summed E-state index contributed by atoms with van der Waals surface area (Å²) < 4.78 is 40.9. The van der Waals surface area contributed by atoms with Crippen LogP contribution in [0, 0.1) is 5.92 Å². The van der Waals surface area contributed by atoms with Gasteiger partial charge in [-0.3, -0.25) is 0 Å². The van der Waals surface area contributed by atoms with Crippen molar-refractivity contribution in [1.82, 2.24) is 5.34 Å². The first kappa shape index (κ1) is 11.2. The molecule has 0 saturated carbocycles. The minimum atomic E-state index is -3.35. The first-order chi connectivity index (χ1) is 5.37. The van der Waals surface area contributed by atoms with Crippen molar-refractivity contribution in [2.45, 2.75) is 19.6 Å². The largest absolute Gasteiger partial charge is 0.465 e. The molecule has 0 N–H and O–H groups in total. The number of ether oxygens (including phenoxy) is 1. The van der Waals surface area contributed by atoms with Crippen LogP contribution in [0.5, 0.6) is 0 Å². The van der Waals surface area contributed by atoms with Crippen molar-refractivity contribution >= 4 is 5.97 Å². The highest BCUT2D eigenvalue weighted by molar-refractivity contribution is 5.78. The molecule has 0 rings (SSSR count). The van der Waals surface area contributed by atoms with Gasteiger partial charge in [0.25, 0.3) is 0 Å². The predicted molar refractivity (Wildman–Crippen MR) is 34.7 cm³/mol. The first-order valence-electron chi connectivity index (χ1n) is 3.26. The van der Waals surface area contributed by atoms with Crippen LogP contribution in [0.2, 0.25) is 0 Å². The molecule has 0 aromatic heterocycles. The highest BCUT2D eigenvalue weighted by Crippen LogP contribution is 2.29. The van der Waals surface area contributed by atoms with Gasteiger partial charge in [-0.25, -0.2) is 9.18 Å². The Kier molecular flexibility index (Phi) is 3.51. The normalized spacial score (nSPS) is 16.3. The van der Waals surface area contributed by atoms with Crippen LogP contribution in [0.25, 0.3) is 0 Å². The molecule has 6 heteroatoms. The fraction of sp³-hybridized carbons (Fsp3) is 0.833. The molecule has 0 aliphatic rings. The van der Waals surface area contributed by atoms with E-state index in [1.165, 1.54) is 0 Å². The third kappa shape index (κ3) is 1.69. The van der Waals surface area contributed by atoms with E-state index in [0.29, 0.717) is 0 Å². The summed E-state index contributed by atoms with van der Waals surface area (Å²) in [6, 6.07) is 0. The van der Waals surface area contributed by atoms with Crippen molar-refractivity contribution < 1.29 is 22.9 Å².